The molecule has 5 aliphatic rings. The third-order valence-corrected chi connectivity index (χ3v) is 16.1. The van der Waals surface area contributed by atoms with E-state index in [-0.39, 0.29) is 23.4 Å². The number of ether oxygens (including phenoxy) is 2. The van der Waals surface area contributed by atoms with Gasteiger partial charge in [-0.15, -0.1) is 0 Å². The van der Waals surface area contributed by atoms with E-state index in [4.69, 9.17) is 9.47 Å². The lowest BCUT2D eigenvalue weighted by Crippen LogP contribution is -2.76. The minimum absolute atomic E-state index is 0.0733. The minimum Gasteiger partial charge on any atom is -0.454 e. The fourth-order valence-corrected chi connectivity index (χ4v) is 12.2. The Hall–Kier alpha value is -2.00. The summed E-state index contributed by atoms with van der Waals surface area (Å²) < 4.78 is 12.5. The second kappa shape index (κ2) is 12.6. The van der Waals surface area contributed by atoms with Gasteiger partial charge < -0.3 is 29.9 Å². The molecular formula is C41H64O8. The van der Waals surface area contributed by atoms with E-state index in [2.05, 4.69) is 40.7 Å². The fraction of sp³-hybridized carbons (Fsp3) is 0.805. The second-order valence-electron chi connectivity index (χ2n) is 18.3. The van der Waals surface area contributed by atoms with Gasteiger partial charge in [0.25, 0.3) is 0 Å². The zero-order valence-corrected chi connectivity index (χ0v) is 31.9. The smallest absolute Gasteiger partial charge is 0.333 e. The van der Waals surface area contributed by atoms with Crippen LogP contribution in [0, 0.1) is 56.2 Å². The lowest BCUT2D eigenvalue weighted by atomic mass is 9.32. The van der Waals surface area contributed by atoms with Crippen LogP contribution in [-0.2, 0) is 19.1 Å². The zero-order valence-electron chi connectivity index (χ0n) is 31.9. The molecule has 4 N–H and O–H groups in total. The predicted octanol–water partition coefficient (Wildman–Crippen LogP) is 6.31. The average Bonchev–Trinajstić information content (AvgIpc) is 3.06. The van der Waals surface area contributed by atoms with Gasteiger partial charge in [-0.2, -0.15) is 0 Å². The molecule has 49 heavy (non-hydrogen) atoms. The van der Waals surface area contributed by atoms with Gasteiger partial charge in [0.05, 0.1) is 24.2 Å². The molecule has 0 amide bonds. The Bertz CT molecular complexity index is 1430. The van der Waals surface area contributed by atoms with E-state index in [0.29, 0.717) is 29.4 Å². The van der Waals surface area contributed by atoms with Crippen molar-refractivity contribution in [3.8, 4) is 0 Å². The van der Waals surface area contributed by atoms with Gasteiger partial charge in [0.1, 0.15) is 6.10 Å². The summed E-state index contributed by atoms with van der Waals surface area (Å²) in [6.45, 7) is 21.7. The van der Waals surface area contributed by atoms with Crippen molar-refractivity contribution in [1.29, 1.82) is 0 Å². The topological polar surface area (TPSA) is 134 Å². The summed E-state index contributed by atoms with van der Waals surface area (Å²) in [5.74, 6) is -0.697. The number of rotatable bonds is 6. The van der Waals surface area contributed by atoms with Crippen LogP contribution in [0.25, 0.3) is 0 Å². The van der Waals surface area contributed by atoms with E-state index in [1.807, 2.05) is 13.8 Å². The Morgan fingerprint density at radius 2 is 1.41 bits per heavy atom. The van der Waals surface area contributed by atoms with Gasteiger partial charge in [-0.3, -0.25) is 0 Å². The number of hydrogen-bond acceptors (Lipinski definition) is 8. The quantitative estimate of drug-likeness (QED) is 0.146. The molecule has 0 radical (unpaired) electrons. The second-order valence-corrected chi connectivity index (χ2v) is 18.3. The molecule has 5 aliphatic carbocycles. The monoisotopic (exact) mass is 684 g/mol. The van der Waals surface area contributed by atoms with Crippen molar-refractivity contribution in [1.82, 2.24) is 0 Å². The third kappa shape index (κ3) is 5.03. The standard InChI is InChI=1S/C41H64O8/c1-12-23(3)34(46)48-32-33(49-35(47)24(4)13-2)41(22-43)27(20-36(32,6)7)26-14-15-29-37(8)18-16-25(5)38(9,21-42)28(37)17-19-39(29,10)40(26,11)30(44)31(41)45/h12-14,25,27-33,42-45H,15-22H2,1-11H3/t25-,27?,28?,29?,30-,31-,32-,33+,37-,38-,39+,40-,41-/m0/s1. The fourth-order valence-electron chi connectivity index (χ4n) is 12.2. The van der Waals surface area contributed by atoms with Gasteiger partial charge in [0.2, 0.25) is 0 Å². The first-order valence-electron chi connectivity index (χ1n) is 18.7. The number of carbonyl (C=O) groups is 2. The summed E-state index contributed by atoms with van der Waals surface area (Å²) in [5, 5.41) is 47.6. The SMILES string of the molecule is CC=C(C)C(=O)O[C@@H]1[C@H](OC(=O)C(C)=CC)C(C)(C)CC2C3=CCC4[C@@]5(C)CC[C@H](C)[C@](C)(CO)C5CC[C@@]4(C)[C@]3(C)[C@@H](O)[C@H](O)[C@]21CO. The molecule has 13 atom stereocenters. The maximum atomic E-state index is 13.5. The summed E-state index contributed by atoms with van der Waals surface area (Å²) in [4.78, 5) is 26.9. The molecule has 0 bridgehead atoms. The van der Waals surface area contributed by atoms with Crippen LogP contribution >= 0.6 is 0 Å². The first-order valence-corrected chi connectivity index (χ1v) is 18.7. The van der Waals surface area contributed by atoms with Crippen LogP contribution in [-0.4, -0.2) is 70.0 Å². The number of fused-ring (bicyclic) bond motifs is 7. The predicted molar refractivity (Wildman–Crippen MR) is 189 cm³/mol. The van der Waals surface area contributed by atoms with Gasteiger partial charge in [-0.05, 0) is 106 Å². The molecule has 8 nitrogen and oxygen atoms in total. The first kappa shape index (κ1) is 38.2. The Morgan fingerprint density at radius 1 is 0.837 bits per heavy atom. The molecular weight excluding hydrogens is 620 g/mol. The molecule has 0 saturated heterocycles. The molecule has 4 saturated carbocycles. The largest absolute Gasteiger partial charge is 0.454 e. The highest BCUT2D eigenvalue weighted by molar-refractivity contribution is 5.88. The molecule has 0 aliphatic heterocycles. The zero-order chi connectivity index (χ0) is 36.7. The molecule has 0 spiro atoms. The number of esters is 2. The van der Waals surface area contributed by atoms with Gasteiger partial charge in [0.15, 0.2) is 6.10 Å². The molecule has 0 aromatic heterocycles. The number of aliphatic hydroxyl groups is 4. The van der Waals surface area contributed by atoms with E-state index in [0.717, 1.165) is 37.7 Å². The van der Waals surface area contributed by atoms with E-state index < -0.39 is 70.5 Å². The summed E-state index contributed by atoms with van der Waals surface area (Å²) in [5.41, 5.74) is -2.01. The van der Waals surface area contributed by atoms with Crippen molar-refractivity contribution >= 4 is 11.9 Å². The highest BCUT2D eigenvalue weighted by Crippen LogP contribution is 2.76. The Balaban J connectivity index is 1.69. The van der Waals surface area contributed by atoms with Gasteiger partial charge in [-0.25, -0.2) is 9.59 Å². The Morgan fingerprint density at radius 3 is 1.94 bits per heavy atom. The van der Waals surface area contributed by atoms with E-state index >= 15 is 0 Å². The van der Waals surface area contributed by atoms with Crippen LogP contribution in [0.2, 0.25) is 0 Å². The molecule has 5 rings (SSSR count). The highest BCUT2D eigenvalue weighted by atomic mass is 16.6. The number of aliphatic hydroxyl groups excluding tert-OH is 4. The van der Waals surface area contributed by atoms with Crippen LogP contribution in [0.3, 0.4) is 0 Å². The van der Waals surface area contributed by atoms with E-state index in [1.165, 1.54) is 0 Å². The Labute approximate surface area is 294 Å². The normalized spacial score (nSPS) is 47.9. The van der Waals surface area contributed by atoms with Crippen molar-refractivity contribution in [2.75, 3.05) is 13.2 Å². The van der Waals surface area contributed by atoms with Crippen molar-refractivity contribution < 1.29 is 39.5 Å². The van der Waals surface area contributed by atoms with Crippen molar-refractivity contribution in [2.24, 2.45) is 56.2 Å². The molecule has 4 fully saturated rings. The van der Waals surface area contributed by atoms with Crippen LogP contribution in [0.4, 0.5) is 0 Å². The van der Waals surface area contributed by atoms with Gasteiger partial charge >= 0.3 is 11.9 Å². The minimum atomic E-state index is -1.53. The molecule has 276 valence electrons. The summed E-state index contributed by atoms with van der Waals surface area (Å²) in [6.07, 6.45) is 5.64. The van der Waals surface area contributed by atoms with Gasteiger partial charge in [-0.1, -0.05) is 72.3 Å². The van der Waals surface area contributed by atoms with Crippen LogP contribution in [0.1, 0.15) is 115 Å². The van der Waals surface area contributed by atoms with Crippen molar-refractivity contribution in [2.45, 2.75) is 139 Å². The molecule has 0 aromatic rings. The third-order valence-electron chi connectivity index (χ3n) is 16.1. The maximum absolute atomic E-state index is 13.5. The van der Waals surface area contributed by atoms with E-state index in [1.54, 1.807) is 39.8 Å². The van der Waals surface area contributed by atoms with Gasteiger partial charge in [0, 0.05) is 28.6 Å². The maximum Gasteiger partial charge on any atom is 0.333 e. The number of allylic oxidation sites excluding steroid dienone is 3. The highest BCUT2D eigenvalue weighted by Gasteiger charge is 2.76. The molecule has 8 heteroatoms. The molecule has 0 aromatic carbocycles. The number of hydrogen-bond donors (Lipinski definition) is 4. The summed E-state index contributed by atoms with van der Waals surface area (Å²) >= 11 is 0. The Kier molecular flexibility index (Phi) is 9.83. The molecule has 3 unspecified atom stereocenters. The van der Waals surface area contributed by atoms with Crippen LogP contribution in [0.15, 0.2) is 34.9 Å². The summed E-state index contributed by atoms with van der Waals surface area (Å²) in [7, 11) is 0. The number of carbonyl (C=O) groups excluding carboxylic acids is 2. The van der Waals surface area contributed by atoms with Crippen LogP contribution in [0.5, 0.6) is 0 Å². The van der Waals surface area contributed by atoms with Crippen molar-refractivity contribution in [3.63, 3.8) is 0 Å². The lowest BCUT2D eigenvalue weighted by Gasteiger charge is -2.73. The lowest BCUT2D eigenvalue weighted by molar-refractivity contribution is -0.292. The van der Waals surface area contributed by atoms with Crippen molar-refractivity contribution in [3.05, 3.63) is 34.9 Å². The summed E-state index contributed by atoms with van der Waals surface area (Å²) in [6, 6.07) is 0. The molecule has 0 heterocycles. The first-order chi connectivity index (χ1) is 22.7. The average molecular weight is 685 g/mol. The van der Waals surface area contributed by atoms with Crippen LogP contribution < -0.4 is 0 Å². The van der Waals surface area contributed by atoms with E-state index in [9.17, 15) is 30.0 Å².